The first kappa shape index (κ1) is 17.8. The van der Waals surface area contributed by atoms with Gasteiger partial charge in [-0.2, -0.15) is 5.10 Å². The second-order valence-electron chi connectivity index (χ2n) is 5.49. The van der Waals surface area contributed by atoms with Crippen LogP contribution in [0.4, 0.5) is 17.1 Å². The Morgan fingerprint density at radius 2 is 1.81 bits per heavy atom. The highest BCUT2D eigenvalue weighted by Crippen LogP contribution is 2.29. The van der Waals surface area contributed by atoms with Crippen molar-refractivity contribution in [2.75, 3.05) is 12.5 Å². The molecule has 0 aromatic heterocycles. The highest BCUT2D eigenvalue weighted by molar-refractivity contribution is 6.02. The van der Waals surface area contributed by atoms with Crippen LogP contribution in [0.5, 0.6) is 5.75 Å². The maximum atomic E-state index is 11.2. The summed E-state index contributed by atoms with van der Waals surface area (Å²) in [5, 5.41) is 27.9. The third-order valence-electron chi connectivity index (χ3n) is 3.92. The number of nitro groups is 2. The van der Waals surface area contributed by atoms with E-state index in [1.165, 1.54) is 25.5 Å². The summed E-state index contributed by atoms with van der Waals surface area (Å²) in [6.45, 7) is 0. The van der Waals surface area contributed by atoms with E-state index in [2.05, 4.69) is 10.5 Å². The van der Waals surface area contributed by atoms with Gasteiger partial charge in [-0.05, 0) is 22.9 Å². The van der Waals surface area contributed by atoms with E-state index in [-0.39, 0.29) is 11.4 Å². The molecule has 0 fully saturated rings. The molecule has 0 aliphatic carbocycles. The van der Waals surface area contributed by atoms with Crippen LogP contribution in [-0.2, 0) is 0 Å². The smallest absolute Gasteiger partial charge is 0.301 e. The summed E-state index contributed by atoms with van der Waals surface area (Å²) in [5.74, 6) is 0.595. The third kappa shape index (κ3) is 3.66. The molecule has 1 N–H and O–H groups in total. The number of nitrogens with zero attached hydrogens (tertiary/aromatic N) is 3. The molecule has 3 rings (SSSR count). The predicted octanol–water partition coefficient (Wildman–Crippen LogP) is 4.11. The molecule has 0 radical (unpaired) electrons. The van der Waals surface area contributed by atoms with Crippen molar-refractivity contribution in [2.24, 2.45) is 5.10 Å². The molecular formula is C18H14N4O5. The first-order valence-electron chi connectivity index (χ1n) is 7.79. The van der Waals surface area contributed by atoms with Gasteiger partial charge in [-0.1, -0.05) is 30.3 Å². The molecule has 0 atom stereocenters. The lowest BCUT2D eigenvalue weighted by molar-refractivity contribution is -0.393. The maximum absolute atomic E-state index is 11.2. The van der Waals surface area contributed by atoms with E-state index in [9.17, 15) is 20.2 Å². The predicted molar refractivity (Wildman–Crippen MR) is 101 cm³/mol. The van der Waals surface area contributed by atoms with Crippen molar-refractivity contribution >= 4 is 34.0 Å². The zero-order chi connectivity index (χ0) is 19.4. The topological polar surface area (TPSA) is 120 Å². The van der Waals surface area contributed by atoms with Crippen LogP contribution in [0, 0.1) is 20.2 Å². The van der Waals surface area contributed by atoms with E-state index < -0.39 is 15.5 Å². The molecule has 0 amide bonds. The quantitative estimate of drug-likeness (QED) is 0.398. The SMILES string of the molecule is COc1ccc2ccccc2c1/C=N\Nc1ccc([N+](=O)[O-])cc1[N+](=O)[O-]. The molecule has 136 valence electrons. The molecule has 0 aliphatic heterocycles. The number of hydrazone groups is 1. The second-order valence-corrected chi connectivity index (χ2v) is 5.49. The van der Waals surface area contributed by atoms with Crippen molar-refractivity contribution in [1.82, 2.24) is 0 Å². The number of nitrogens with one attached hydrogen (secondary N) is 1. The van der Waals surface area contributed by atoms with Crippen LogP contribution < -0.4 is 10.2 Å². The molecule has 9 heteroatoms. The fraction of sp³-hybridized carbons (Fsp3) is 0.0556. The number of hydrogen-bond acceptors (Lipinski definition) is 7. The van der Waals surface area contributed by atoms with Gasteiger partial charge in [0.25, 0.3) is 5.69 Å². The zero-order valence-corrected chi connectivity index (χ0v) is 14.2. The average Bonchev–Trinajstić information content (AvgIpc) is 2.67. The Balaban J connectivity index is 1.96. The number of methoxy groups -OCH3 is 1. The molecule has 0 spiro atoms. The van der Waals surface area contributed by atoms with E-state index in [0.717, 1.165) is 16.8 Å². The molecule has 0 heterocycles. The van der Waals surface area contributed by atoms with E-state index in [1.54, 1.807) is 6.07 Å². The summed E-state index contributed by atoms with van der Waals surface area (Å²) in [5.41, 5.74) is 2.51. The lowest BCUT2D eigenvalue weighted by Gasteiger charge is -2.08. The van der Waals surface area contributed by atoms with Gasteiger partial charge >= 0.3 is 5.69 Å². The fourth-order valence-electron chi connectivity index (χ4n) is 2.63. The molecule has 0 saturated heterocycles. The highest BCUT2D eigenvalue weighted by atomic mass is 16.6. The lowest BCUT2D eigenvalue weighted by atomic mass is 10.0. The summed E-state index contributed by atoms with van der Waals surface area (Å²) >= 11 is 0. The van der Waals surface area contributed by atoms with Gasteiger partial charge in [0.15, 0.2) is 0 Å². The van der Waals surface area contributed by atoms with Crippen LogP contribution in [0.2, 0.25) is 0 Å². The Bertz CT molecular complexity index is 1060. The molecule has 0 bridgehead atoms. The van der Waals surface area contributed by atoms with Crippen molar-refractivity contribution in [3.63, 3.8) is 0 Å². The summed E-state index contributed by atoms with van der Waals surface area (Å²) < 4.78 is 5.36. The van der Waals surface area contributed by atoms with E-state index >= 15 is 0 Å². The highest BCUT2D eigenvalue weighted by Gasteiger charge is 2.19. The Morgan fingerprint density at radius 1 is 1.04 bits per heavy atom. The molecule has 0 saturated carbocycles. The van der Waals surface area contributed by atoms with Crippen molar-refractivity contribution < 1.29 is 14.6 Å². The van der Waals surface area contributed by atoms with Crippen LogP contribution in [-0.4, -0.2) is 23.2 Å². The lowest BCUT2D eigenvalue weighted by Crippen LogP contribution is -1.99. The number of non-ortho nitro benzene ring substituents is 1. The van der Waals surface area contributed by atoms with Crippen LogP contribution in [0.25, 0.3) is 10.8 Å². The summed E-state index contributed by atoms with van der Waals surface area (Å²) in [6, 6.07) is 14.7. The molecule has 0 unspecified atom stereocenters. The number of rotatable bonds is 6. The van der Waals surface area contributed by atoms with Crippen LogP contribution in [0.1, 0.15) is 5.56 Å². The summed E-state index contributed by atoms with van der Waals surface area (Å²) in [4.78, 5) is 20.6. The number of hydrogen-bond donors (Lipinski definition) is 1. The fourth-order valence-corrected chi connectivity index (χ4v) is 2.63. The largest absolute Gasteiger partial charge is 0.496 e. The Kier molecular flexibility index (Phi) is 4.93. The number of anilines is 1. The monoisotopic (exact) mass is 366 g/mol. The number of ether oxygens (including phenoxy) is 1. The number of fused-ring (bicyclic) bond motifs is 1. The van der Waals surface area contributed by atoms with Gasteiger partial charge in [0.05, 0.1) is 29.2 Å². The molecule has 0 aliphatic rings. The molecule has 9 nitrogen and oxygen atoms in total. The maximum Gasteiger partial charge on any atom is 0.301 e. The van der Waals surface area contributed by atoms with E-state index in [4.69, 9.17) is 4.74 Å². The van der Waals surface area contributed by atoms with Crippen LogP contribution in [0.15, 0.2) is 59.7 Å². The van der Waals surface area contributed by atoms with Crippen molar-refractivity contribution in [3.05, 3.63) is 80.4 Å². The van der Waals surface area contributed by atoms with Crippen LogP contribution in [0.3, 0.4) is 0 Å². The van der Waals surface area contributed by atoms with Gasteiger partial charge in [-0.25, -0.2) is 0 Å². The van der Waals surface area contributed by atoms with Crippen molar-refractivity contribution in [2.45, 2.75) is 0 Å². The zero-order valence-electron chi connectivity index (χ0n) is 14.2. The third-order valence-corrected chi connectivity index (χ3v) is 3.92. The number of nitro benzene ring substituents is 2. The Morgan fingerprint density at radius 3 is 2.52 bits per heavy atom. The molecule has 3 aromatic rings. The normalized spacial score (nSPS) is 10.9. The van der Waals surface area contributed by atoms with Gasteiger partial charge in [-0.3, -0.25) is 25.7 Å². The van der Waals surface area contributed by atoms with Gasteiger partial charge in [0.1, 0.15) is 11.4 Å². The minimum Gasteiger partial charge on any atom is -0.496 e. The van der Waals surface area contributed by atoms with E-state index in [0.29, 0.717) is 11.3 Å². The standard InChI is InChI=1S/C18H14N4O5/c1-27-18-9-6-12-4-2-3-5-14(12)15(18)11-19-20-16-8-7-13(21(23)24)10-17(16)22(25)26/h2-11,20H,1H3/b19-11-. The molecule has 3 aromatic carbocycles. The second kappa shape index (κ2) is 7.48. The first-order chi connectivity index (χ1) is 13.0. The first-order valence-corrected chi connectivity index (χ1v) is 7.79. The Hall–Kier alpha value is -4.01. The van der Waals surface area contributed by atoms with E-state index in [1.807, 2.05) is 30.3 Å². The van der Waals surface area contributed by atoms with Crippen LogP contribution >= 0.6 is 0 Å². The average molecular weight is 366 g/mol. The summed E-state index contributed by atoms with van der Waals surface area (Å²) in [7, 11) is 1.54. The van der Waals surface area contributed by atoms with Gasteiger partial charge in [0, 0.05) is 11.6 Å². The van der Waals surface area contributed by atoms with Gasteiger partial charge < -0.3 is 4.74 Å². The minimum atomic E-state index is -0.705. The van der Waals surface area contributed by atoms with Gasteiger partial charge in [0.2, 0.25) is 0 Å². The van der Waals surface area contributed by atoms with Crippen molar-refractivity contribution in [3.8, 4) is 5.75 Å². The molecule has 27 heavy (non-hydrogen) atoms. The molecular weight excluding hydrogens is 352 g/mol. The minimum absolute atomic E-state index is 0.0426. The number of benzene rings is 3. The van der Waals surface area contributed by atoms with Gasteiger partial charge in [-0.15, -0.1) is 0 Å². The summed E-state index contributed by atoms with van der Waals surface area (Å²) in [6.07, 6.45) is 1.49. The van der Waals surface area contributed by atoms with Crippen molar-refractivity contribution in [1.29, 1.82) is 0 Å². The Labute approximate surface area is 153 Å².